The van der Waals surface area contributed by atoms with Crippen LogP contribution in [-0.4, -0.2) is 28.0 Å². The van der Waals surface area contributed by atoms with E-state index in [0.29, 0.717) is 22.8 Å². The molecule has 0 spiro atoms. The number of rotatable bonds is 3. The molecule has 2 unspecified atom stereocenters. The second-order valence-corrected chi connectivity index (χ2v) is 7.98. The molecule has 2 aliphatic rings. The van der Waals surface area contributed by atoms with Gasteiger partial charge in [-0.05, 0) is 49.7 Å². The summed E-state index contributed by atoms with van der Waals surface area (Å²) in [5, 5.41) is 4.14. The summed E-state index contributed by atoms with van der Waals surface area (Å²) in [7, 11) is 0. The topological polar surface area (TPSA) is 80.9 Å². The zero-order valence-electron chi connectivity index (χ0n) is 14.3. The van der Waals surface area contributed by atoms with Crippen molar-refractivity contribution >= 4 is 42.1 Å². The third kappa shape index (κ3) is 4.36. The van der Waals surface area contributed by atoms with Gasteiger partial charge in [0.15, 0.2) is 0 Å². The Balaban J connectivity index is 0.00000121. The molecule has 0 radical (unpaired) electrons. The van der Waals surface area contributed by atoms with E-state index in [2.05, 4.69) is 15.3 Å². The van der Waals surface area contributed by atoms with E-state index in [1.165, 1.54) is 30.6 Å². The molecule has 142 valence electrons. The van der Waals surface area contributed by atoms with Crippen molar-refractivity contribution in [3.05, 3.63) is 35.6 Å². The van der Waals surface area contributed by atoms with Crippen LogP contribution in [0.3, 0.4) is 0 Å². The quantitative estimate of drug-likeness (QED) is 0.801. The lowest BCUT2D eigenvalue weighted by Crippen LogP contribution is -2.53. The molecule has 3 N–H and O–H groups in total. The van der Waals surface area contributed by atoms with Crippen LogP contribution in [-0.2, 0) is 0 Å². The van der Waals surface area contributed by atoms with Crippen molar-refractivity contribution in [2.75, 3.05) is 0 Å². The van der Waals surface area contributed by atoms with Gasteiger partial charge in [0.1, 0.15) is 9.88 Å². The Hall–Kier alpha value is -1.21. The standard InChI is InChI=1S/C18H22N4OS.2ClH/c19-14-8-12-2-1-3-13(9-14)16(12)22-17(23)15-10-21-18(24-15)11-4-6-20-7-5-11;;/h4-7,10,12-14,16H,1-3,8-9,19H2,(H,22,23);2*1H. The first-order valence-corrected chi connectivity index (χ1v) is 9.45. The highest BCUT2D eigenvalue weighted by Crippen LogP contribution is 2.40. The monoisotopic (exact) mass is 414 g/mol. The third-order valence-corrected chi connectivity index (χ3v) is 6.38. The van der Waals surface area contributed by atoms with Crippen molar-refractivity contribution in [1.29, 1.82) is 0 Å². The summed E-state index contributed by atoms with van der Waals surface area (Å²) in [6.07, 6.45) is 10.9. The molecule has 1 amide bonds. The molecule has 2 bridgehead atoms. The number of carbonyl (C=O) groups is 1. The number of amides is 1. The number of hydrogen-bond donors (Lipinski definition) is 2. The van der Waals surface area contributed by atoms with Crippen molar-refractivity contribution in [1.82, 2.24) is 15.3 Å². The van der Waals surface area contributed by atoms with Crippen LogP contribution < -0.4 is 11.1 Å². The van der Waals surface area contributed by atoms with Crippen LogP contribution >= 0.6 is 36.2 Å². The highest BCUT2D eigenvalue weighted by atomic mass is 35.5. The van der Waals surface area contributed by atoms with Gasteiger partial charge in [0.2, 0.25) is 0 Å². The number of pyridine rings is 1. The van der Waals surface area contributed by atoms with Crippen LogP contribution in [0, 0.1) is 11.8 Å². The van der Waals surface area contributed by atoms with E-state index >= 15 is 0 Å². The first-order valence-electron chi connectivity index (χ1n) is 8.63. The van der Waals surface area contributed by atoms with Gasteiger partial charge in [-0.1, -0.05) is 6.42 Å². The Labute approximate surface area is 170 Å². The predicted molar refractivity (Wildman–Crippen MR) is 109 cm³/mol. The highest BCUT2D eigenvalue weighted by Gasteiger charge is 2.40. The Kier molecular flexibility index (Phi) is 7.41. The fourth-order valence-electron chi connectivity index (χ4n) is 4.25. The summed E-state index contributed by atoms with van der Waals surface area (Å²) < 4.78 is 0. The molecule has 0 aromatic carbocycles. The highest BCUT2D eigenvalue weighted by molar-refractivity contribution is 7.16. The van der Waals surface area contributed by atoms with Crippen LogP contribution in [0.2, 0.25) is 0 Å². The van der Waals surface area contributed by atoms with E-state index < -0.39 is 0 Å². The lowest BCUT2D eigenvalue weighted by atomic mass is 9.67. The SMILES string of the molecule is Cl.Cl.NC1CC2CCCC(C1)C2NC(=O)c1cnc(-c2ccncc2)s1. The molecule has 2 aromatic heterocycles. The van der Waals surface area contributed by atoms with E-state index in [0.717, 1.165) is 23.4 Å². The molecule has 4 rings (SSSR count). The summed E-state index contributed by atoms with van der Waals surface area (Å²) in [4.78, 5) is 21.8. The van der Waals surface area contributed by atoms with Gasteiger partial charge in [0, 0.05) is 30.0 Å². The van der Waals surface area contributed by atoms with Crippen LogP contribution in [0.15, 0.2) is 30.7 Å². The molecular weight excluding hydrogens is 391 g/mol. The third-order valence-electron chi connectivity index (χ3n) is 5.33. The van der Waals surface area contributed by atoms with Gasteiger partial charge < -0.3 is 11.1 Å². The molecule has 2 heterocycles. The normalized spacial score (nSPS) is 27.0. The molecule has 0 aliphatic heterocycles. The van der Waals surface area contributed by atoms with Gasteiger partial charge in [-0.25, -0.2) is 4.98 Å². The van der Waals surface area contributed by atoms with Gasteiger partial charge in [-0.15, -0.1) is 36.2 Å². The van der Waals surface area contributed by atoms with E-state index in [1.807, 2.05) is 12.1 Å². The van der Waals surface area contributed by atoms with Crippen LogP contribution in [0.1, 0.15) is 41.8 Å². The summed E-state index contributed by atoms with van der Waals surface area (Å²) in [5.41, 5.74) is 7.17. The Morgan fingerprint density at radius 1 is 1.15 bits per heavy atom. The van der Waals surface area contributed by atoms with Crippen molar-refractivity contribution in [2.24, 2.45) is 17.6 Å². The van der Waals surface area contributed by atoms with E-state index in [1.54, 1.807) is 18.6 Å². The number of halogens is 2. The minimum absolute atomic E-state index is 0. The van der Waals surface area contributed by atoms with Crippen molar-refractivity contribution in [3.8, 4) is 10.6 Å². The summed E-state index contributed by atoms with van der Waals surface area (Å²) in [6.45, 7) is 0. The number of carbonyl (C=O) groups excluding carboxylic acids is 1. The fourth-order valence-corrected chi connectivity index (χ4v) is 5.08. The van der Waals surface area contributed by atoms with Crippen molar-refractivity contribution < 1.29 is 4.79 Å². The van der Waals surface area contributed by atoms with Crippen LogP contribution in [0.25, 0.3) is 10.6 Å². The average Bonchev–Trinajstić information content (AvgIpc) is 3.07. The molecule has 2 aliphatic carbocycles. The molecule has 2 saturated carbocycles. The average molecular weight is 415 g/mol. The number of nitrogens with two attached hydrogens (primary N) is 1. The maximum atomic E-state index is 12.7. The summed E-state index contributed by atoms with van der Waals surface area (Å²) in [5.74, 6) is 1.07. The van der Waals surface area contributed by atoms with Gasteiger partial charge in [0.25, 0.3) is 5.91 Å². The van der Waals surface area contributed by atoms with Crippen LogP contribution in [0.5, 0.6) is 0 Å². The minimum atomic E-state index is 0. The van der Waals surface area contributed by atoms with Gasteiger partial charge in [0.05, 0.1) is 6.20 Å². The van der Waals surface area contributed by atoms with Gasteiger partial charge >= 0.3 is 0 Å². The lowest BCUT2D eigenvalue weighted by molar-refractivity contribution is 0.0759. The maximum Gasteiger partial charge on any atom is 0.263 e. The Morgan fingerprint density at radius 2 is 1.81 bits per heavy atom. The largest absolute Gasteiger partial charge is 0.348 e. The molecule has 26 heavy (non-hydrogen) atoms. The second-order valence-electron chi connectivity index (χ2n) is 6.95. The Bertz CT molecular complexity index is 713. The van der Waals surface area contributed by atoms with E-state index in [4.69, 9.17) is 5.73 Å². The van der Waals surface area contributed by atoms with Gasteiger partial charge in [-0.3, -0.25) is 9.78 Å². The number of aromatic nitrogens is 2. The number of nitrogens with one attached hydrogen (secondary N) is 1. The number of hydrogen-bond acceptors (Lipinski definition) is 5. The minimum Gasteiger partial charge on any atom is -0.348 e. The van der Waals surface area contributed by atoms with Crippen molar-refractivity contribution in [2.45, 2.75) is 44.2 Å². The molecule has 8 heteroatoms. The Morgan fingerprint density at radius 3 is 2.46 bits per heavy atom. The van der Waals surface area contributed by atoms with E-state index in [-0.39, 0.29) is 36.8 Å². The zero-order valence-corrected chi connectivity index (χ0v) is 16.8. The maximum absolute atomic E-state index is 12.7. The molecule has 2 fully saturated rings. The zero-order chi connectivity index (χ0) is 16.5. The second kappa shape index (κ2) is 9.13. The van der Waals surface area contributed by atoms with Gasteiger partial charge in [-0.2, -0.15) is 0 Å². The summed E-state index contributed by atoms with van der Waals surface area (Å²) in [6, 6.07) is 4.40. The molecule has 5 nitrogen and oxygen atoms in total. The summed E-state index contributed by atoms with van der Waals surface area (Å²) >= 11 is 1.44. The first kappa shape index (κ1) is 21.1. The number of fused-ring (bicyclic) bond motifs is 2. The first-order chi connectivity index (χ1) is 11.7. The number of thiazole rings is 1. The van der Waals surface area contributed by atoms with Crippen LogP contribution in [0.4, 0.5) is 0 Å². The lowest BCUT2D eigenvalue weighted by Gasteiger charge is -2.45. The fraction of sp³-hybridized carbons (Fsp3) is 0.500. The predicted octanol–water partition coefficient (Wildman–Crippen LogP) is 3.68. The molecule has 2 atom stereocenters. The number of nitrogens with zero attached hydrogens (tertiary/aromatic N) is 2. The van der Waals surface area contributed by atoms with Crippen molar-refractivity contribution in [3.63, 3.8) is 0 Å². The molecule has 2 aromatic rings. The molecular formula is C18H24Cl2N4OS. The molecule has 0 saturated heterocycles. The van der Waals surface area contributed by atoms with E-state index in [9.17, 15) is 4.79 Å². The smallest absolute Gasteiger partial charge is 0.263 e.